The number of rotatable bonds is 7. The third-order valence-electron chi connectivity index (χ3n) is 6.79. The molecular weight excluding hydrogens is 508 g/mol. The van der Waals surface area contributed by atoms with E-state index in [0.29, 0.717) is 16.8 Å². The second-order valence-electron chi connectivity index (χ2n) is 9.95. The number of carbonyl (C=O) groups is 4. The van der Waals surface area contributed by atoms with Gasteiger partial charge < -0.3 is 19.9 Å². The van der Waals surface area contributed by atoms with E-state index in [4.69, 9.17) is 16.3 Å². The molecule has 0 radical (unpaired) electrons. The first-order chi connectivity index (χ1) is 18.1. The maximum Gasteiger partial charge on any atom is 0.338 e. The number of imide groups is 1. The lowest BCUT2D eigenvalue weighted by Crippen LogP contribution is -3.10. The molecule has 0 spiro atoms. The number of halogens is 1. The first kappa shape index (κ1) is 27.3. The minimum absolute atomic E-state index is 0.0868. The number of carbonyl (C=O) groups excluding carboxylic acids is 4. The number of hydrogen-bond donors (Lipinski definition) is 2. The third kappa shape index (κ3) is 5.74. The van der Waals surface area contributed by atoms with Gasteiger partial charge >= 0.3 is 5.97 Å². The van der Waals surface area contributed by atoms with Gasteiger partial charge in [0.2, 0.25) is 0 Å². The molecule has 200 valence electrons. The molecule has 0 aliphatic carbocycles. The Bertz CT molecular complexity index is 1280. The van der Waals surface area contributed by atoms with E-state index in [9.17, 15) is 19.2 Å². The molecule has 1 fully saturated rings. The summed E-state index contributed by atoms with van der Waals surface area (Å²) < 4.78 is 5.17. The normalized spacial score (nSPS) is 19.7. The summed E-state index contributed by atoms with van der Waals surface area (Å²) in [6, 6.07) is 12.9. The van der Waals surface area contributed by atoms with Crippen LogP contribution in [0.15, 0.2) is 59.3 Å². The smallest absolute Gasteiger partial charge is 0.338 e. The van der Waals surface area contributed by atoms with E-state index in [0.717, 1.165) is 30.8 Å². The molecule has 3 amide bonds. The van der Waals surface area contributed by atoms with Crippen LogP contribution in [0.5, 0.6) is 0 Å². The average molecular weight is 540 g/mol. The Hall–Kier alpha value is -3.69. The van der Waals surface area contributed by atoms with Crippen molar-refractivity contribution in [1.82, 2.24) is 4.90 Å². The van der Waals surface area contributed by atoms with Crippen molar-refractivity contribution in [3.8, 4) is 0 Å². The maximum atomic E-state index is 13.2. The summed E-state index contributed by atoms with van der Waals surface area (Å²) in [6.07, 6.45) is 1.62. The fourth-order valence-corrected chi connectivity index (χ4v) is 4.81. The van der Waals surface area contributed by atoms with Gasteiger partial charge in [0.05, 0.1) is 37.5 Å². The van der Waals surface area contributed by atoms with Crippen LogP contribution in [0.3, 0.4) is 0 Å². The topological polar surface area (TPSA) is 100 Å². The molecule has 2 N–H and O–H groups in total. The fourth-order valence-electron chi connectivity index (χ4n) is 4.60. The van der Waals surface area contributed by atoms with Gasteiger partial charge in [0, 0.05) is 37.2 Å². The van der Waals surface area contributed by atoms with Crippen molar-refractivity contribution >= 4 is 46.7 Å². The SMILES string of the molecule is CC(C)OC(=O)c1ccc(N2C(=O)C(Cl)=C(Nc3cccc(C(=O)N(C)C4CC[NH+](C)CC4)c3)C2=O)cc1. The Balaban J connectivity index is 1.48. The summed E-state index contributed by atoms with van der Waals surface area (Å²) in [7, 11) is 3.97. The number of quaternary nitrogens is 1. The number of amides is 3. The van der Waals surface area contributed by atoms with Gasteiger partial charge in [-0.25, -0.2) is 9.69 Å². The van der Waals surface area contributed by atoms with E-state index >= 15 is 0 Å². The first-order valence-corrected chi connectivity index (χ1v) is 13.0. The Labute approximate surface area is 227 Å². The number of benzene rings is 2. The van der Waals surface area contributed by atoms with Gasteiger partial charge in [-0.05, 0) is 56.3 Å². The Morgan fingerprint density at radius 2 is 1.71 bits per heavy atom. The summed E-state index contributed by atoms with van der Waals surface area (Å²) in [5, 5.41) is 2.67. The Morgan fingerprint density at radius 1 is 1.05 bits per heavy atom. The molecule has 2 aromatic rings. The summed E-state index contributed by atoms with van der Waals surface area (Å²) in [5.41, 5.74) is 1.41. The molecule has 2 aromatic carbocycles. The molecular formula is C28H32ClN4O5+. The molecule has 0 aromatic heterocycles. The molecule has 0 saturated carbocycles. The quantitative estimate of drug-likeness (QED) is 0.414. The van der Waals surface area contributed by atoms with Crippen molar-refractivity contribution in [3.63, 3.8) is 0 Å². The first-order valence-electron chi connectivity index (χ1n) is 12.6. The predicted octanol–water partition coefficient (Wildman–Crippen LogP) is 2.44. The molecule has 0 bridgehead atoms. The summed E-state index contributed by atoms with van der Waals surface area (Å²) in [4.78, 5) is 55.5. The van der Waals surface area contributed by atoms with Crippen molar-refractivity contribution in [3.05, 3.63) is 70.4 Å². The minimum Gasteiger partial charge on any atom is -0.459 e. The zero-order chi connectivity index (χ0) is 27.6. The number of esters is 1. The van der Waals surface area contributed by atoms with Crippen LogP contribution in [-0.2, 0) is 14.3 Å². The van der Waals surface area contributed by atoms with Gasteiger partial charge in [-0.1, -0.05) is 17.7 Å². The van der Waals surface area contributed by atoms with Crippen LogP contribution in [0, 0.1) is 0 Å². The standard InChI is InChI=1S/C28H31ClN4O5/c1-17(2)38-28(37)18-8-10-22(11-9-18)33-26(35)23(29)24(27(33)36)30-20-7-5-6-19(16-20)25(34)32(4)21-12-14-31(3)15-13-21/h5-11,16-17,21,30H,12-15H2,1-4H3/p+1. The molecule has 1 saturated heterocycles. The van der Waals surface area contributed by atoms with Crippen molar-refractivity contribution in [1.29, 1.82) is 0 Å². The van der Waals surface area contributed by atoms with Crippen molar-refractivity contribution in [2.24, 2.45) is 0 Å². The maximum absolute atomic E-state index is 13.2. The number of nitrogens with one attached hydrogen (secondary N) is 2. The van der Waals surface area contributed by atoms with E-state index in [1.807, 2.05) is 7.05 Å². The molecule has 9 nitrogen and oxygen atoms in total. The monoisotopic (exact) mass is 539 g/mol. The highest BCUT2D eigenvalue weighted by Crippen LogP contribution is 2.30. The molecule has 2 heterocycles. The lowest BCUT2D eigenvalue weighted by molar-refractivity contribution is -0.885. The molecule has 4 rings (SSSR count). The third-order valence-corrected chi connectivity index (χ3v) is 7.14. The van der Waals surface area contributed by atoms with Crippen LogP contribution < -0.4 is 15.1 Å². The second-order valence-corrected chi connectivity index (χ2v) is 10.3. The highest BCUT2D eigenvalue weighted by atomic mass is 35.5. The number of ether oxygens (including phenoxy) is 1. The van der Waals surface area contributed by atoms with Crippen LogP contribution in [0.2, 0.25) is 0 Å². The van der Waals surface area contributed by atoms with E-state index in [-0.39, 0.29) is 34.5 Å². The number of likely N-dealkylation sites (tertiary alicyclic amines) is 1. The second kappa shape index (κ2) is 11.4. The highest BCUT2D eigenvalue weighted by molar-refractivity contribution is 6.53. The minimum atomic E-state index is -0.687. The molecule has 38 heavy (non-hydrogen) atoms. The van der Waals surface area contributed by atoms with Gasteiger partial charge in [0.1, 0.15) is 10.7 Å². The number of nitrogens with zero attached hydrogens (tertiary/aromatic N) is 2. The van der Waals surface area contributed by atoms with Crippen LogP contribution in [0.25, 0.3) is 0 Å². The summed E-state index contributed by atoms with van der Waals surface area (Å²) >= 11 is 6.28. The van der Waals surface area contributed by atoms with Gasteiger partial charge in [0.25, 0.3) is 17.7 Å². The number of anilines is 2. The van der Waals surface area contributed by atoms with Gasteiger partial charge in [0.15, 0.2) is 0 Å². The molecule has 0 atom stereocenters. The van der Waals surface area contributed by atoms with Crippen LogP contribution in [0.1, 0.15) is 47.4 Å². The Morgan fingerprint density at radius 3 is 2.34 bits per heavy atom. The van der Waals surface area contributed by atoms with Crippen molar-refractivity contribution in [2.75, 3.05) is 37.4 Å². The van der Waals surface area contributed by atoms with Crippen molar-refractivity contribution in [2.45, 2.75) is 38.8 Å². The zero-order valence-electron chi connectivity index (χ0n) is 21.9. The predicted molar refractivity (Wildman–Crippen MR) is 144 cm³/mol. The average Bonchev–Trinajstić information content (AvgIpc) is 3.11. The van der Waals surface area contributed by atoms with Gasteiger partial charge in [-0.2, -0.15) is 0 Å². The van der Waals surface area contributed by atoms with Gasteiger partial charge in [-0.3, -0.25) is 14.4 Å². The van der Waals surface area contributed by atoms with Crippen LogP contribution in [-0.4, -0.2) is 67.9 Å². The van der Waals surface area contributed by atoms with E-state index < -0.39 is 17.8 Å². The zero-order valence-corrected chi connectivity index (χ0v) is 22.7. The number of piperidine rings is 1. The summed E-state index contributed by atoms with van der Waals surface area (Å²) in [5.74, 6) is -1.93. The van der Waals surface area contributed by atoms with E-state index in [1.54, 1.807) is 43.0 Å². The molecule has 2 aliphatic rings. The van der Waals surface area contributed by atoms with E-state index in [1.165, 1.54) is 29.2 Å². The van der Waals surface area contributed by atoms with E-state index in [2.05, 4.69) is 12.4 Å². The lowest BCUT2D eigenvalue weighted by Gasteiger charge is -2.33. The molecule has 10 heteroatoms. The van der Waals surface area contributed by atoms with Crippen LogP contribution >= 0.6 is 11.6 Å². The Kier molecular flexibility index (Phi) is 8.18. The van der Waals surface area contributed by atoms with Crippen LogP contribution in [0.4, 0.5) is 11.4 Å². The number of hydrogen-bond acceptors (Lipinski definition) is 6. The molecule has 0 unspecified atom stereocenters. The highest BCUT2D eigenvalue weighted by Gasteiger charge is 2.39. The summed E-state index contributed by atoms with van der Waals surface area (Å²) in [6.45, 7) is 5.54. The van der Waals surface area contributed by atoms with Gasteiger partial charge in [-0.15, -0.1) is 0 Å². The largest absolute Gasteiger partial charge is 0.459 e. The lowest BCUT2D eigenvalue weighted by atomic mass is 10.0. The fraction of sp³-hybridized carbons (Fsp3) is 0.357. The molecule has 2 aliphatic heterocycles. The van der Waals surface area contributed by atoms with Crippen molar-refractivity contribution < 1.29 is 28.8 Å².